The van der Waals surface area contributed by atoms with Crippen molar-refractivity contribution in [2.75, 3.05) is 6.61 Å². The van der Waals surface area contributed by atoms with E-state index in [-0.39, 0.29) is 6.61 Å². The minimum atomic E-state index is -1.57. The number of esters is 1. The lowest BCUT2D eigenvalue weighted by Crippen LogP contribution is -2.21. The second kappa shape index (κ2) is 4.61. The van der Waals surface area contributed by atoms with Gasteiger partial charge in [0, 0.05) is 0 Å². The summed E-state index contributed by atoms with van der Waals surface area (Å²) in [7, 11) is 0. The number of carbonyl (C=O) groups excluding carboxylic acids is 1. The summed E-state index contributed by atoms with van der Waals surface area (Å²) in [6, 6.07) is 0. The fourth-order valence-corrected chi connectivity index (χ4v) is 0.494. The van der Waals surface area contributed by atoms with Gasteiger partial charge in [-0.25, -0.2) is 0 Å². The number of carbonyl (C=O) groups is 1. The lowest BCUT2D eigenvalue weighted by Gasteiger charge is -2.11. The molecule has 1 atom stereocenters. The molecule has 0 fully saturated rings. The van der Waals surface area contributed by atoms with E-state index in [4.69, 9.17) is 46.4 Å². The first-order chi connectivity index (χ1) is 4.83. The molecule has 11 heavy (non-hydrogen) atoms. The molecule has 0 saturated heterocycles. The Morgan fingerprint density at radius 1 is 1.55 bits per heavy atom. The molecule has 0 spiro atoms. The summed E-state index contributed by atoms with van der Waals surface area (Å²) in [5.74, 6) is -0.599. The summed E-state index contributed by atoms with van der Waals surface area (Å²) in [6.45, 7) is 1.19. The van der Waals surface area contributed by atoms with Gasteiger partial charge < -0.3 is 4.74 Å². The third-order valence-electron chi connectivity index (χ3n) is 0.703. The van der Waals surface area contributed by atoms with Gasteiger partial charge in [0.05, 0.1) is 0 Å². The van der Waals surface area contributed by atoms with Gasteiger partial charge in [0.25, 0.3) is 0 Å². The zero-order valence-corrected chi connectivity index (χ0v) is 8.64. The van der Waals surface area contributed by atoms with Crippen molar-refractivity contribution in [1.82, 2.24) is 0 Å². The molecule has 0 amide bonds. The van der Waals surface area contributed by atoms with Gasteiger partial charge in [-0.1, -0.05) is 34.8 Å². The zero-order valence-electron chi connectivity index (χ0n) is 5.61. The maximum Gasteiger partial charge on any atom is 0.323 e. The van der Waals surface area contributed by atoms with Gasteiger partial charge >= 0.3 is 5.97 Å². The highest BCUT2D eigenvalue weighted by Gasteiger charge is 2.23. The Hall–Kier alpha value is 0.630. The number of hydrogen-bond acceptors (Lipinski definition) is 2. The highest BCUT2D eigenvalue weighted by Crippen LogP contribution is 2.26. The summed E-state index contributed by atoms with van der Waals surface area (Å²) in [4.78, 5) is 10.7. The molecule has 0 aromatic carbocycles. The zero-order chi connectivity index (χ0) is 9.07. The van der Waals surface area contributed by atoms with Crippen LogP contribution in [0.5, 0.6) is 0 Å². The van der Waals surface area contributed by atoms with Crippen LogP contribution in [0, 0.1) is 0 Å². The van der Waals surface area contributed by atoms with Crippen molar-refractivity contribution < 1.29 is 9.53 Å². The topological polar surface area (TPSA) is 26.3 Å². The maximum atomic E-state index is 10.7. The second-order valence-corrected chi connectivity index (χ2v) is 5.01. The van der Waals surface area contributed by atoms with Crippen LogP contribution < -0.4 is 0 Å². The molecule has 0 heterocycles. The Bertz CT molecular complexity index is 140. The molecule has 0 aliphatic heterocycles. The van der Waals surface area contributed by atoms with Crippen LogP contribution in [0.3, 0.4) is 0 Å². The molecular weight excluding hydrogens is 234 g/mol. The third-order valence-corrected chi connectivity index (χ3v) is 1.21. The van der Waals surface area contributed by atoms with Crippen LogP contribution in [-0.2, 0) is 9.53 Å². The van der Waals surface area contributed by atoms with Crippen molar-refractivity contribution in [3.63, 3.8) is 0 Å². The van der Waals surface area contributed by atoms with Gasteiger partial charge in [0.1, 0.15) is 12.0 Å². The van der Waals surface area contributed by atoms with Crippen LogP contribution in [-0.4, -0.2) is 21.7 Å². The Labute approximate surface area is 84.7 Å². The molecule has 0 aliphatic rings. The molecule has 0 bridgehead atoms. The SMILES string of the molecule is CC(Cl)C(=O)OCC(Cl)(Cl)Cl. The van der Waals surface area contributed by atoms with Gasteiger partial charge in [-0.3, -0.25) is 4.79 Å². The summed E-state index contributed by atoms with van der Waals surface area (Å²) in [6.07, 6.45) is 0. The fraction of sp³-hybridized carbons (Fsp3) is 0.800. The summed E-state index contributed by atoms with van der Waals surface area (Å²) >= 11 is 21.2. The van der Waals surface area contributed by atoms with Gasteiger partial charge in [0.15, 0.2) is 0 Å². The van der Waals surface area contributed by atoms with Crippen molar-refractivity contribution in [2.45, 2.75) is 16.1 Å². The molecule has 0 aromatic rings. The number of ether oxygens (including phenoxy) is 1. The van der Waals surface area contributed by atoms with Crippen LogP contribution in [0.15, 0.2) is 0 Å². The minimum Gasteiger partial charge on any atom is -0.460 e. The first kappa shape index (κ1) is 11.6. The van der Waals surface area contributed by atoms with Crippen molar-refractivity contribution in [3.05, 3.63) is 0 Å². The Balaban J connectivity index is 3.64. The fourth-order valence-electron chi connectivity index (χ4n) is 0.268. The maximum absolute atomic E-state index is 10.7. The van der Waals surface area contributed by atoms with Gasteiger partial charge in [0.2, 0.25) is 3.79 Å². The van der Waals surface area contributed by atoms with Crippen LogP contribution in [0.25, 0.3) is 0 Å². The van der Waals surface area contributed by atoms with E-state index < -0.39 is 15.1 Å². The number of alkyl halides is 4. The first-order valence-electron chi connectivity index (χ1n) is 2.70. The molecule has 0 aromatic heterocycles. The highest BCUT2D eigenvalue weighted by molar-refractivity contribution is 6.67. The van der Waals surface area contributed by atoms with E-state index in [9.17, 15) is 4.79 Å². The average molecular weight is 240 g/mol. The molecule has 0 aliphatic carbocycles. The van der Waals surface area contributed by atoms with Crippen molar-refractivity contribution in [3.8, 4) is 0 Å². The lowest BCUT2D eigenvalue weighted by atomic mass is 10.5. The first-order valence-corrected chi connectivity index (χ1v) is 4.27. The second-order valence-electron chi connectivity index (χ2n) is 1.84. The Kier molecular flexibility index (Phi) is 4.87. The molecule has 2 nitrogen and oxygen atoms in total. The summed E-state index contributed by atoms with van der Waals surface area (Å²) in [5.41, 5.74) is 0. The molecular formula is C5H6Cl4O2. The predicted molar refractivity (Wildman–Crippen MR) is 46.6 cm³/mol. The standard InChI is InChI=1S/C5H6Cl4O2/c1-3(6)4(10)11-2-5(7,8)9/h3H,2H2,1H3. The van der Waals surface area contributed by atoms with E-state index in [1.807, 2.05) is 0 Å². The van der Waals surface area contributed by atoms with Gasteiger partial charge in [-0.15, -0.1) is 11.6 Å². The normalized spacial score (nSPS) is 14.3. The predicted octanol–water partition coefficient (Wildman–Crippen LogP) is 2.53. The molecule has 0 N–H and O–H groups in total. The van der Waals surface area contributed by atoms with Gasteiger partial charge in [-0.05, 0) is 6.92 Å². The van der Waals surface area contributed by atoms with Crippen LogP contribution in [0.4, 0.5) is 0 Å². The van der Waals surface area contributed by atoms with Crippen molar-refractivity contribution in [1.29, 1.82) is 0 Å². The van der Waals surface area contributed by atoms with Gasteiger partial charge in [-0.2, -0.15) is 0 Å². The molecule has 1 unspecified atom stereocenters. The van der Waals surface area contributed by atoms with Crippen LogP contribution in [0.1, 0.15) is 6.92 Å². The number of halogens is 4. The summed E-state index contributed by atoms with van der Waals surface area (Å²) < 4.78 is 2.93. The van der Waals surface area contributed by atoms with E-state index in [0.29, 0.717) is 0 Å². The molecule has 0 radical (unpaired) electrons. The Morgan fingerprint density at radius 2 is 2.00 bits per heavy atom. The number of hydrogen-bond donors (Lipinski definition) is 0. The quantitative estimate of drug-likeness (QED) is 0.547. The van der Waals surface area contributed by atoms with E-state index in [2.05, 4.69) is 4.74 Å². The molecule has 0 rings (SSSR count). The van der Waals surface area contributed by atoms with Crippen LogP contribution in [0.2, 0.25) is 0 Å². The largest absolute Gasteiger partial charge is 0.460 e. The van der Waals surface area contributed by atoms with E-state index in [1.54, 1.807) is 0 Å². The summed E-state index contributed by atoms with van der Waals surface area (Å²) in [5, 5.41) is -0.720. The van der Waals surface area contributed by atoms with Crippen molar-refractivity contribution in [2.24, 2.45) is 0 Å². The van der Waals surface area contributed by atoms with E-state index in [0.717, 1.165) is 0 Å². The van der Waals surface area contributed by atoms with E-state index in [1.165, 1.54) is 6.92 Å². The molecule has 66 valence electrons. The van der Waals surface area contributed by atoms with Crippen molar-refractivity contribution >= 4 is 52.4 Å². The lowest BCUT2D eigenvalue weighted by molar-refractivity contribution is -0.142. The van der Waals surface area contributed by atoms with Crippen LogP contribution >= 0.6 is 46.4 Å². The molecule has 6 heteroatoms. The Morgan fingerprint density at radius 3 is 2.27 bits per heavy atom. The highest BCUT2D eigenvalue weighted by atomic mass is 35.6. The van der Waals surface area contributed by atoms with E-state index >= 15 is 0 Å². The monoisotopic (exact) mass is 238 g/mol. The third kappa shape index (κ3) is 7.01. The molecule has 0 saturated carbocycles. The average Bonchev–Trinajstić information content (AvgIpc) is 1.80. The smallest absolute Gasteiger partial charge is 0.323 e. The number of rotatable bonds is 2. The minimum absolute atomic E-state index is 0.284.